The first-order valence-corrected chi connectivity index (χ1v) is 7.58. The predicted molar refractivity (Wildman–Crippen MR) is 89.3 cm³/mol. The molecular formula is C18H17F3N2O2. The smallest absolute Gasteiger partial charge is 0.326 e. The van der Waals surface area contributed by atoms with Crippen LogP contribution in [0.25, 0.3) is 0 Å². The molecule has 0 saturated heterocycles. The highest BCUT2D eigenvalue weighted by atomic mass is 19.4. The van der Waals surface area contributed by atoms with Gasteiger partial charge in [-0.1, -0.05) is 30.3 Å². The van der Waals surface area contributed by atoms with Gasteiger partial charge in [-0.3, -0.25) is 9.59 Å². The fourth-order valence-corrected chi connectivity index (χ4v) is 2.24. The summed E-state index contributed by atoms with van der Waals surface area (Å²) in [7, 11) is 0. The number of carbonyl (C=O) groups is 2. The number of hydrogen-bond acceptors (Lipinski definition) is 2. The molecule has 0 aliphatic carbocycles. The van der Waals surface area contributed by atoms with E-state index in [1.165, 1.54) is 24.3 Å². The van der Waals surface area contributed by atoms with Gasteiger partial charge < -0.3 is 10.6 Å². The first-order valence-electron chi connectivity index (χ1n) is 7.58. The molecule has 2 aromatic carbocycles. The number of nitrogens with one attached hydrogen (secondary N) is 2. The highest BCUT2D eigenvalue weighted by molar-refractivity contribution is 5.96. The quantitative estimate of drug-likeness (QED) is 0.854. The van der Waals surface area contributed by atoms with Gasteiger partial charge in [-0.25, -0.2) is 0 Å². The summed E-state index contributed by atoms with van der Waals surface area (Å²) in [6.45, 7) is 1.96. The molecule has 132 valence electrons. The Balaban J connectivity index is 1.94. The third-order valence-corrected chi connectivity index (χ3v) is 3.54. The summed E-state index contributed by atoms with van der Waals surface area (Å²) in [5.74, 6) is -2.32. The van der Waals surface area contributed by atoms with E-state index in [-0.39, 0.29) is 18.0 Å². The Labute approximate surface area is 143 Å². The van der Waals surface area contributed by atoms with Crippen LogP contribution >= 0.6 is 0 Å². The summed E-state index contributed by atoms with van der Waals surface area (Å²) in [4.78, 5) is 22.9. The van der Waals surface area contributed by atoms with Crippen LogP contribution < -0.4 is 10.6 Å². The molecule has 0 heterocycles. The number of benzene rings is 2. The van der Waals surface area contributed by atoms with Crippen LogP contribution in [0.3, 0.4) is 0 Å². The summed E-state index contributed by atoms with van der Waals surface area (Å²) in [6.07, 6.45) is -4.17. The van der Waals surface area contributed by atoms with Crippen molar-refractivity contribution in [1.29, 1.82) is 0 Å². The van der Waals surface area contributed by atoms with Crippen LogP contribution in [-0.4, -0.2) is 18.0 Å². The first-order chi connectivity index (χ1) is 11.8. The number of amides is 2. The molecule has 0 aliphatic heterocycles. The number of anilines is 2. The molecule has 4 nitrogen and oxygen atoms in total. The molecule has 0 unspecified atom stereocenters. The summed E-state index contributed by atoms with van der Waals surface area (Å²) < 4.78 is 36.8. The molecule has 2 N–H and O–H groups in total. The summed E-state index contributed by atoms with van der Waals surface area (Å²) in [6, 6.07) is 13.3. The molecule has 0 aliphatic rings. The van der Waals surface area contributed by atoms with Gasteiger partial charge in [0.25, 0.3) is 0 Å². The van der Waals surface area contributed by atoms with Crippen molar-refractivity contribution in [2.24, 2.45) is 0 Å². The average Bonchev–Trinajstić information content (AvgIpc) is 2.53. The van der Waals surface area contributed by atoms with E-state index in [0.717, 1.165) is 11.1 Å². The van der Waals surface area contributed by atoms with Gasteiger partial charge >= 0.3 is 12.1 Å². The second kappa shape index (κ2) is 7.83. The first kappa shape index (κ1) is 18.5. The van der Waals surface area contributed by atoms with Crippen molar-refractivity contribution in [3.8, 4) is 0 Å². The van der Waals surface area contributed by atoms with Crippen molar-refractivity contribution in [1.82, 2.24) is 0 Å². The van der Waals surface area contributed by atoms with E-state index < -0.39 is 12.1 Å². The predicted octanol–water partition coefficient (Wildman–Crippen LogP) is 4.07. The lowest BCUT2D eigenvalue weighted by Crippen LogP contribution is -2.29. The second-order valence-electron chi connectivity index (χ2n) is 5.51. The zero-order chi connectivity index (χ0) is 18.4. The molecule has 0 atom stereocenters. The third kappa shape index (κ3) is 5.63. The lowest BCUT2D eigenvalue weighted by molar-refractivity contribution is -0.167. The van der Waals surface area contributed by atoms with Crippen LogP contribution in [0.5, 0.6) is 0 Å². The fourth-order valence-electron chi connectivity index (χ4n) is 2.24. The van der Waals surface area contributed by atoms with Crippen molar-refractivity contribution in [3.05, 3.63) is 59.7 Å². The van der Waals surface area contributed by atoms with E-state index in [1.54, 1.807) is 5.32 Å². The lowest BCUT2D eigenvalue weighted by Gasteiger charge is -2.10. The van der Waals surface area contributed by atoms with Crippen LogP contribution in [0.1, 0.15) is 17.5 Å². The molecule has 7 heteroatoms. The number of hydrogen-bond donors (Lipinski definition) is 2. The van der Waals surface area contributed by atoms with Crippen molar-refractivity contribution in [2.75, 3.05) is 10.6 Å². The van der Waals surface area contributed by atoms with Crippen LogP contribution in [0, 0.1) is 6.92 Å². The SMILES string of the molecule is Cc1ccccc1CCC(=O)Nc1cccc(NC(=O)C(F)(F)F)c1. The van der Waals surface area contributed by atoms with E-state index in [0.29, 0.717) is 12.1 Å². The van der Waals surface area contributed by atoms with Crippen molar-refractivity contribution >= 4 is 23.2 Å². The van der Waals surface area contributed by atoms with Gasteiger partial charge in [-0.15, -0.1) is 0 Å². The number of carbonyl (C=O) groups excluding carboxylic acids is 2. The zero-order valence-corrected chi connectivity index (χ0v) is 13.5. The maximum absolute atomic E-state index is 12.3. The van der Waals surface area contributed by atoms with Gasteiger partial charge in [0.15, 0.2) is 0 Å². The normalized spacial score (nSPS) is 11.0. The fraction of sp³-hybridized carbons (Fsp3) is 0.222. The van der Waals surface area contributed by atoms with Crippen molar-refractivity contribution < 1.29 is 22.8 Å². The minimum Gasteiger partial charge on any atom is -0.326 e. The molecule has 0 radical (unpaired) electrons. The van der Waals surface area contributed by atoms with Crippen LogP contribution in [0.2, 0.25) is 0 Å². The highest BCUT2D eigenvalue weighted by Crippen LogP contribution is 2.20. The number of halogens is 3. The van der Waals surface area contributed by atoms with Gasteiger partial charge in [0.05, 0.1) is 0 Å². The van der Waals surface area contributed by atoms with Gasteiger partial charge in [0.2, 0.25) is 5.91 Å². The number of aryl methyl sites for hydroxylation is 2. The minimum atomic E-state index is -4.97. The Hall–Kier alpha value is -2.83. The van der Waals surface area contributed by atoms with E-state index in [2.05, 4.69) is 5.32 Å². The Morgan fingerprint density at radius 3 is 2.24 bits per heavy atom. The molecule has 0 bridgehead atoms. The maximum Gasteiger partial charge on any atom is 0.471 e. The van der Waals surface area contributed by atoms with Crippen molar-refractivity contribution in [3.63, 3.8) is 0 Å². The highest BCUT2D eigenvalue weighted by Gasteiger charge is 2.38. The van der Waals surface area contributed by atoms with Gasteiger partial charge in [-0.2, -0.15) is 13.2 Å². The molecule has 0 spiro atoms. The Bertz CT molecular complexity index is 773. The van der Waals surface area contributed by atoms with E-state index in [1.807, 2.05) is 31.2 Å². The monoisotopic (exact) mass is 350 g/mol. The molecule has 2 rings (SSSR count). The van der Waals surface area contributed by atoms with Gasteiger partial charge in [-0.05, 0) is 42.7 Å². The van der Waals surface area contributed by atoms with Crippen LogP contribution in [0.15, 0.2) is 48.5 Å². The van der Waals surface area contributed by atoms with Crippen molar-refractivity contribution in [2.45, 2.75) is 25.9 Å². The van der Waals surface area contributed by atoms with E-state index in [4.69, 9.17) is 0 Å². The summed E-state index contributed by atoms with van der Waals surface area (Å²) in [5, 5.41) is 4.36. The van der Waals surface area contributed by atoms with Gasteiger partial charge in [0.1, 0.15) is 0 Å². The molecular weight excluding hydrogens is 333 g/mol. The summed E-state index contributed by atoms with van der Waals surface area (Å²) >= 11 is 0. The average molecular weight is 350 g/mol. The van der Waals surface area contributed by atoms with E-state index >= 15 is 0 Å². The Kier molecular flexibility index (Phi) is 5.80. The Morgan fingerprint density at radius 2 is 1.60 bits per heavy atom. The Morgan fingerprint density at radius 1 is 0.960 bits per heavy atom. The second-order valence-corrected chi connectivity index (χ2v) is 5.51. The number of alkyl halides is 3. The molecule has 0 aromatic heterocycles. The van der Waals surface area contributed by atoms with Crippen LogP contribution in [-0.2, 0) is 16.0 Å². The third-order valence-electron chi connectivity index (χ3n) is 3.54. The number of rotatable bonds is 5. The maximum atomic E-state index is 12.3. The van der Waals surface area contributed by atoms with Crippen LogP contribution in [0.4, 0.5) is 24.5 Å². The molecule has 0 fully saturated rings. The topological polar surface area (TPSA) is 58.2 Å². The molecule has 2 amide bonds. The molecule has 2 aromatic rings. The largest absolute Gasteiger partial charge is 0.471 e. The molecule has 25 heavy (non-hydrogen) atoms. The van der Waals surface area contributed by atoms with E-state index in [9.17, 15) is 22.8 Å². The minimum absolute atomic E-state index is 0.0426. The lowest BCUT2D eigenvalue weighted by atomic mass is 10.0. The molecule has 0 saturated carbocycles. The summed E-state index contributed by atoms with van der Waals surface area (Å²) in [5.41, 5.74) is 2.42. The standard InChI is InChI=1S/C18H17F3N2O2/c1-12-5-2-3-6-13(12)9-10-16(24)22-14-7-4-8-15(11-14)23-17(25)18(19,20)21/h2-8,11H,9-10H2,1H3,(H,22,24)(H,23,25). The zero-order valence-electron chi connectivity index (χ0n) is 13.5. The van der Waals surface area contributed by atoms with Gasteiger partial charge in [0, 0.05) is 17.8 Å².